The Morgan fingerprint density at radius 2 is 1.71 bits per heavy atom. The van der Waals surface area contributed by atoms with E-state index in [-0.39, 0.29) is 5.56 Å². The number of hydrogen-bond donors (Lipinski definition) is 1. The molecule has 7 heteroatoms. The van der Waals surface area contributed by atoms with Gasteiger partial charge in [0.1, 0.15) is 0 Å². The van der Waals surface area contributed by atoms with Crippen molar-refractivity contribution in [2.45, 2.75) is 78.6 Å². The molecule has 0 amide bonds. The molecule has 35 heavy (non-hydrogen) atoms. The number of rotatable bonds is 7. The molecular weight excluding hydrogens is 436 g/mol. The first-order valence-electron chi connectivity index (χ1n) is 12.6. The van der Waals surface area contributed by atoms with E-state index in [0.29, 0.717) is 25.7 Å². The van der Waals surface area contributed by atoms with Crippen molar-refractivity contribution in [2.75, 3.05) is 0 Å². The zero-order valence-corrected chi connectivity index (χ0v) is 20.9. The normalized spacial score (nSPS) is 14.7. The number of aromatic nitrogens is 5. The van der Waals surface area contributed by atoms with Crippen molar-refractivity contribution >= 4 is 10.9 Å². The van der Waals surface area contributed by atoms with Crippen molar-refractivity contribution in [1.29, 1.82) is 0 Å². The Bertz CT molecular complexity index is 1360. The topological polar surface area (TPSA) is 79.7 Å². The molecule has 0 spiro atoms. The summed E-state index contributed by atoms with van der Waals surface area (Å²) in [7, 11) is 0. The lowest BCUT2D eigenvalue weighted by Crippen LogP contribution is -2.29. The number of pyridine rings is 1. The van der Waals surface area contributed by atoms with Crippen molar-refractivity contribution < 1.29 is 0 Å². The van der Waals surface area contributed by atoms with Crippen LogP contribution < -0.4 is 5.56 Å². The van der Waals surface area contributed by atoms with Crippen LogP contribution in [0.4, 0.5) is 0 Å². The summed E-state index contributed by atoms with van der Waals surface area (Å²) >= 11 is 0. The monoisotopic (exact) mass is 470 g/mol. The van der Waals surface area contributed by atoms with Crippen LogP contribution in [-0.4, -0.2) is 30.1 Å². The van der Waals surface area contributed by atoms with E-state index >= 15 is 0 Å². The molecule has 1 saturated carbocycles. The molecule has 0 bridgehead atoms. The van der Waals surface area contributed by atoms with Gasteiger partial charge >= 0.3 is 0 Å². The first-order chi connectivity index (χ1) is 17.0. The van der Waals surface area contributed by atoms with Crippen LogP contribution in [0.15, 0.2) is 47.3 Å². The number of fused-ring (bicyclic) bond motifs is 1. The van der Waals surface area contributed by atoms with Gasteiger partial charge in [0.05, 0.1) is 18.1 Å². The van der Waals surface area contributed by atoms with E-state index in [9.17, 15) is 4.79 Å². The van der Waals surface area contributed by atoms with Crippen molar-refractivity contribution in [3.8, 4) is 0 Å². The molecule has 2 aromatic heterocycles. The third kappa shape index (κ3) is 5.35. The van der Waals surface area contributed by atoms with E-state index in [1.165, 1.54) is 36.0 Å². The number of benzene rings is 2. The van der Waals surface area contributed by atoms with Gasteiger partial charge in [0, 0.05) is 18.7 Å². The fraction of sp³-hybridized carbons (Fsp3) is 0.429. The molecule has 4 aromatic rings. The average Bonchev–Trinajstić information content (AvgIpc) is 3.30. The number of hydrogen-bond acceptors (Lipinski definition) is 5. The second-order valence-corrected chi connectivity index (χ2v) is 10.1. The Morgan fingerprint density at radius 3 is 2.49 bits per heavy atom. The van der Waals surface area contributed by atoms with Gasteiger partial charge in [0.2, 0.25) is 0 Å². The number of nitrogens with zero attached hydrogens (tertiary/aromatic N) is 5. The third-order valence-corrected chi connectivity index (χ3v) is 7.14. The number of aromatic amines is 1. The second-order valence-electron chi connectivity index (χ2n) is 10.1. The van der Waals surface area contributed by atoms with Crippen LogP contribution in [0.25, 0.3) is 10.9 Å². The summed E-state index contributed by atoms with van der Waals surface area (Å²) in [6.07, 6.45) is 5.99. The van der Waals surface area contributed by atoms with Gasteiger partial charge in [-0.2, -0.15) is 0 Å². The van der Waals surface area contributed by atoms with Crippen molar-refractivity contribution in [3.63, 3.8) is 0 Å². The van der Waals surface area contributed by atoms with Crippen LogP contribution in [0, 0.1) is 20.8 Å². The summed E-state index contributed by atoms with van der Waals surface area (Å²) in [5.74, 6) is 0.868. The number of nitrogens with one attached hydrogen (secondary N) is 1. The first kappa shape index (κ1) is 23.4. The quantitative estimate of drug-likeness (QED) is 0.404. The lowest BCUT2D eigenvalue weighted by Gasteiger charge is -2.25. The molecule has 1 N–H and O–H groups in total. The molecule has 0 aliphatic heterocycles. The molecule has 0 saturated heterocycles. The maximum atomic E-state index is 13.1. The number of tetrazole rings is 1. The minimum Gasteiger partial charge on any atom is -0.321 e. The smallest absolute Gasteiger partial charge is 0.252 e. The molecule has 1 fully saturated rings. The average molecular weight is 471 g/mol. The maximum Gasteiger partial charge on any atom is 0.252 e. The van der Waals surface area contributed by atoms with E-state index in [1.807, 2.05) is 17.7 Å². The summed E-state index contributed by atoms with van der Waals surface area (Å²) in [6.45, 7) is 8.04. The standard InChI is InChI=1S/C28H34N6O/c1-19-9-11-22(12-10-19)16-33(18-26-30-31-32-34(26)25-7-5-4-6-8-25)17-24-15-23-14-20(2)13-21(3)27(23)29-28(24)35/h9-15,25H,4-8,16-18H2,1-3H3,(H,29,35). The van der Waals surface area contributed by atoms with Gasteiger partial charge in [-0.15, -0.1) is 5.10 Å². The van der Waals surface area contributed by atoms with Gasteiger partial charge in [-0.25, -0.2) is 4.68 Å². The van der Waals surface area contributed by atoms with Gasteiger partial charge in [-0.3, -0.25) is 9.69 Å². The molecule has 1 aliphatic carbocycles. The van der Waals surface area contributed by atoms with Crippen LogP contribution >= 0.6 is 0 Å². The molecule has 2 heterocycles. The fourth-order valence-corrected chi connectivity index (χ4v) is 5.34. The number of H-pyrrole nitrogens is 1. The Hall–Kier alpha value is -3.32. The van der Waals surface area contributed by atoms with Gasteiger partial charge in [0.25, 0.3) is 5.56 Å². The Kier molecular flexibility index (Phi) is 6.77. The minimum atomic E-state index is -0.0368. The molecule has 0 atom stereocenters. The highest BCUT2D eigenvalue weighted by Crippen LogP contribution is 2.28. The van der Waals surface area contributed by atoms with Crippen molar-refractivity contribution in [3.05, 3.63) is 86.5 Å². The fourth-order valence-electron chi connectivity index (χ4n) is 5.34. The SMILES string of the molecule is Cc1ccc(CN(Cc2cc3cc(C)cc(C)c3[nH]c2=O)Cc2nnnn2C2CCCCC2)cc1. The summed E-state index contributed by atoms with van der Waals surface area (Å²) in [6, 6.07) is 15.2. The first-order valence-corrected chi connectivity index (χ1v) is 12.6. The van der Waals surface area contributed by atoms with E-state index in [4.69, 9.17) is 0 Å². The van der Waals surface area contributed by atoms with E-state index in [1.54, 1.807) is 0 Å². The molecule has 1 aliphatic rings. The highest BCUT2D eigenvalue weighted by atomic mass is 16.1. The van der Waals surface area contributed by atoms with Crippen LogP contribution in [0.2, 0.25) is 0 Å². The molecule has 0 unspecified atom stereocenters. The van der Waals surface area contributed by atoms with Gasteiger partial charge in [-0.05, 0) is 72.7 Å². The van der Waals surface area contributed by atoms with Crippen LogP contribution in [0.1, 0.15) is 71.8 Å². The third-order valence-electron chi connectivity index (χ3n) is 7.14. The molecule has 5 rings (SSSR count). The van der Waals surface area contributed by atoms with Gasteiger partial charge < -0.3 is 4.98 Å². The van der Waals surface area contributed by atoms with Crippen LogP contribution in [-0.2, 0) is 19.6 Å². The molecule has 182 valence electrons. The Labute approximate surface area is 206 Å². The van der Waals surface area contributed by atoms with Crippen LogP contribution in [0.3, 0.4) is 0 Å². The summed E-state index contributed by atoms with van der Waals surface area (Å²) in [5.41, 5.74) is 6.35. The van der Waals surface area contributed by atoms with Gasteiger partial charge in [-0.1, -0.05) is 60.7 Å². The number of aryl methyl sites for hydroxylation is 3. The highest BCUT2D eigenvalue weighted by molar-refractivity contribution is 5.82. The molecule has 7 nitrogen and oxygen atoms in total. The van der Waals surface area contributed by atoms with Crippen molar-refractivity contribution in [2.24, 2.45) is 0 Å². The van der Waals surface area contributed by atoms with E-state index < -0.39 is 0 Å². The van der Waals surface area contributed by atoms with Crippen LogP contribution in [0.5, 0.6) is 0 Å². The van der Waals surface area contributed by atoms with E-state index in [0.717, 1.165) is 40.7 Å². The summed E-state index contributed by atoms with van der Waals surface area (Å²) < 4.78 is 2.03. The van der Waals surface area contributed by atoms with Gasteiger partial charge in [0.15, 0.2) is 5.82 Å². The summed E-state index contributed by atoms with van der Waals surface area (Å²) in [4.78, 5) is 18.5. The molecule has 0 radical (unpaired) electrons. The van der Waals surface area contributed by atoms with Crippen molar-refractivity contribution in [1.82, 2.24) is 30.1 Å². The minimum absolute atomic E-state index is 0.0368. The predicted octanol–water partition coefficient (Wildman–Crippen LogP) is 5.15. The maximum absolute atomic E-state index is 13.1. The second kappa shape index (κ2) is 10.1. The highest BCUT2D eigenvalue weighted by Gasteiger charge is 2.22. The Balaban J connectivity index is 1.46. The predicted molar refractivity (Wildman–Crippen MR) is 138 cm³/mol. The lowest BCUT2D eigenvalue weighted by atomic mass is 9.95. The zero-order valence-electron chi connectivity index (χ0n) is 20.9. The largest absolute Gasteiger partial charge is 0.321 e. The molecule has 2 aromatic carbocycles. The Morgan fingerprint density at radius 1 is 0.943 bits per heavy atom. The lowest BCUT2D eigenvalue weighted by molar-refractivity contribution is 0.225. The summed E-state index contributed by atoms with van der Waals surface area (Å²) in [5, 5.41) is 13.8. The molecular formula is C28H34N6O. The zero-order chi connectivity index (χ0) is 24.4. The van der Waals surface area contributed by atoms with E-state index in [2.05, 4.69) is 75.7 Å².